The van der Waals surface area contributed by atoms with Crippen molar-refractivity contribution in [1.82, 2.24) is 10.2 Å². The highest BCUT2D eigenvalue weighted by atomic mass is 35.5. The third-order valence-electron chi connectivity index (χ3n) is 4.46. The first-order chi connectivity index (χ1) is 7.90. The van der Waals surface area contributed by atoms with Crippen molar-refractivity contribution >= 4 is 12.4 Å². The van der Waals surface area contributed by atoms with Crippen LogP contribution in [-0.4, -0.2) is 49.8 Å². The van der Waals surface area contributed by atoms with E-state index >= 15 is 0 Å². The summed E-state index contributed by atoms with van der Waals surface area (Å²) in [5, 5.41) is 3.75. The van der Waals surface area contributed by atoms with Crippen molar-refractivity contribution in [1.29, 1.82) is 0 Å². The Balaban J connectivity index is 0.00000108. The van der Waals surface area contributed by atoms with E-state index in [4.69, 9.17) is 4.74 Å². The Kier molecular flexibility index (Phi) is 5.10. The van der Waals surface area contributed by atoms with Crippen LogP contribution in [0.5, 0.6) is 0 Å². The van der Waals surface area contributed by atoms with Gasteiger partial charge >= 0.3 is 0 Å². The van der Waals surface area contributed by atoms with E-state index < -0.39 is 0 Å². The molecule has 2 unspecified atom stereocenters. The lowest BCUT2D eigenvalue weighted by atomic mass is 9.98. The number of nitrogens with zero attached hydrogens (tertiary/aromatic N) is 1. The molecule has 3 nitrogen and oxygen atoms in total. The average Bonchev–Trinajstić information content (AvgIpc) is 2.64. The normalized spacial score (nSPS) is 35.3. The van der Waals surface area contributed by atoms with E-state index in [9.17, 15) is 0 Å². The minimum atomic E-state index is 0. The van der Waals surface area contributed by atoms with Gasteiger partial charge in [-0.1, -0.05) is 0 Å². The summed E-state index contributed by atoms with van der Waals surface area (Å²) in [6.45, 7) is 5.89. The first kappa shape index (κ1) is 13.6. The summed E-state index contributed by atoms with van der Waals surface area (Å²) in [7, 11) is 0. The number of hydrogen-bond acceptors (Lipinski definition) is 3. The maximum absolute atomic E-state index is 5.43. The molecule has 4 heteroatoms. The smallest absolute Gasteiger partial charge is 0.0469 e. The van der Waals surface area contributed by atoms with E-state index in [1.165, 1.54) is 51.7 Å². The molecule has 3 fully saturated rings. The van der Waals surface area contributed by atoms with Crippen LogP contribution in [-0.2, 0) is 4.74 Å². The summed E-state index contributed by atoms with van der Waals surface area (Å²) in [6, 6.07) is 1.61. The van der Waals surface area contributed by atoms with E-state index in [0.717, 1.165) is 31.2 Å². The number of halogens is 1. The van der Waals surface area contributed by atoms with E-state index in [0.29, 0.717) is 0 Å². The summed E-state index contributed by atoms with van der Waals surface area (Å²) >= 11 is 0. The van der Waals surface area contributed by atoms with E-state index in [1.807, 2.05) is 0 Å². The first-order valence-corrected chi connectivity index (χ1v) is 6.96. The molecule has 100 valence electrons. The predicted molar refractivity (Wildman–Crippen MR) is 71.8 cm³/mol. The second-order valence-corrected chi connectivity index (χ2v) is 5.74. The zero-order valence-electron chi connectivity index (χ0n) is 10.6. The molecule has 2 bridgehead atoms. The highest BCUT2D eigenvalue weighted by molar-refractivity contribution is 5.85. The van der Waals surface area contributed by atoms with Gasteiger partial charge < -0.3 is 15.0 Å². The third kappa shape index (κ3) is 3.57. The molecule has 0 saturated carbocycles. The summed E-state index contributed by atoms with van der Waals surface area (Å²) < 4.78 is 5.43. The van der Waals surface area contributed by atoms with Gasteiger partial charge in [-0.3, -0.25) is 0 Å². The van der Waals surface area contributed by atoms with E-state index in [-0.39, 0.29) is 12.4 Å². The van der Waals surface area contributed by atoms with Crippen LogP contribution in [0.15, 0.2) is 0 Å². The Morgan fingerprint density at radius 3 is 2.59 bits per heavy atom. The maximum atomic E-state index is 5.43. The monoisotopic (exact) mass is 260 g/mol. The SMILES string of the molecule is C1CC(CN2CCC3CCC(C2)N3)CCO1.Cl. The van der Waals surface area contributed by atoms with Crippen molar-refractivity contribution in [3.8, 4) is 0 Å². The molecule has 3 aliphatic heterocycles. The maximum Gasteiger partial charge on any atom is 0.0469 e. The summed E-state index contributed by atoms with van der Waals surface area (Å²) in [5.74, 6) is 0.894. The van der Waals surface area contributed by atoms with Gasteiger partial charge in [0, 0.05) is 38.4 Å². The number of nitrogens with one attached hydrogen (secondary N) is 1. The molecule has 17 heavy (non-hydrogen) atoms. The van der Waals surface area contributed by atoms with Gasteiger partial charge in [-0.2, -0.15) is 0 Å². The summed E-state index contributed by atoms with van der Waals surface area (Å²) in [5.41, 5.74) is 0. The zero-order chi connectivity index (χ0) is 10.8. The highest BCUT2D eigenvalue weighted by Gasteiger charge is 2.30. The van der Waals surface area contributed by atoms with E-state index in [1.54, 1.807) is 0 Å². The van der Waals surface area contributed by atoms with Crippen molar-refractivity contribution < 1.29 is 4.74 Å². The summed E-state index contributed by atoms with van der Waals surface area (Å²) in [4.78, 5) is 2.70. The van der Waals surface area contributed by atoms with Crippen LogP contribution in [0.1, 0.15) is 32.1 Å². The Hall–Kier alpha value is 0.170. The quantitative estimate of drug-likeness (QED) is 0.817. The number of hydrogen-bond donors (Lipinski definition) is 1. The van der Waals surface area contributed by atoms with Crippen LogP contribution in [0, 0.1) is 5.92 Å². The van der Waals surface area contributed by atoms with Gasteiger partial charge in [0.1, 0.15) is 0 Å². The number of fused-ring (bicyclic) bond motifs is 2. The number of likely N-dealkylation sites (tertiary alicyclic amines) is 1. The topological polar surface area (TPSA) is 24.5 Å². The molecule has 3 heterocycles. The van der Waals surface area contributed by atoms with Crippen molar-refractivity contribution in [3.05, 3.63) is 0 Å². The third-order valence-corrected chi connectivity index (χ3v) is 4.46. The van der Waals surface area contributed by atoms with Crippen molar-refractivity contribution in [2.45, 2.75) is 44.2 Å². The van der Waals surface area contributed by atoms with Crippen LogP contribution in [0.3, 0.4) is 0 Å². The number of rotatable bonds is 2. The van der Waals surface area contributed by atoms with Gasteiger partial charge in [0.25, 0.3) is 0 Å². The van der Waals surface area contributed by atoms with Crippen LogP contribution in [0.4, 0.5) is 0 Å². The lowest BCUT2D eigenvalue weighted by Gasteiger charge is -2.30. The molecule has 3 saturated heterocycles. The minimum absolute atomic E-state index is 0. The van der Waals surface area contributed by atoms with Crippen LogP contribution < -0.4 is 5.32 Å². The minimum Gasteiger partial charge on any atom is -0.381 e. The van der Waals surface area contributed by atoms with E-state index in [2.05, 4.69) is 10.2 Å². The second-order valence-electron chi connectivity index (χ2n) is 5.74. The lowest BCUT2D eigenvalue weighted by Crippen LogP contribution is -2.39. The van der Waals surface area contributed by atoms with Gasteiger partial charge in [0.2, 0.25) is 0 Å². The Morgan fingerprint density at radius 2 is 1.76 bits per heavy atom. The van der Waals surface area contributed by atoms with Crippen molar-refractivity contribution in [3.63, 3.8) is 0 Å². The van der Waals surface area contributed by atoms with Gasteiger partial charge in [-0.15, -0.1) is 12.4 Å². The number of ether oxygens (including phenoxy) is 1. The van der Waals surface area contributed by atoms with Crippen LogP contribution in [0.2, 0.25) is 0 Å². The van der Waals surface area contributed by atoms with Crippen molar-refractivity contribution in [2.75, 3.05) is 32.8 Å². The molecule has 0 spiro atoms. The van der Waals surface area contributed by atoms with Gasteiger partial charge in [-0.25, -0.2) is 0 Å². The molecule has 1 N–H and O–H groups in total. The Morgan fingerprint density at radius 1 is 1.00 bits per heavy atom. The van der Waals surface area contributed by atoms with Crippen LogP contribution >= 0.6 is 12.4 Å². The fourth-order valence-electron chi connectivity index (χ4n) is 3.48. The molecule has 0 amide bonds. The largest absolute Gasteiger partial charge is 0.381 e. The molecule has 0 aromatic carbocycles. The Labute approximate surface area is 111 Å². The predicted octanol–water partition coefficient (Wildman–Crippen LogP) is 1.66. The molecule has 0 radical (unpaired) electrons. The van der Waals surface area contributed by atoms with Gasteiger partial charge in [0.15, 0.2) is 0 Å². The van der Waals surface area contributed by atoms with Crippen LogP contribution in [0.25, 0.3) is 0 Å². The molecule has 2 atom stereocenters. The molecule has 3 aliphatic rings. The fraction of sp³-hybridized carbons (Fsp3) is 1.00. The molecular weight excluding hydrogens is 236 g/mol. The molecular formula is C13H25ClN2O. The molecule has 0 aromatic rings. The second kappa shape index (κ2) is 6.37. The summed E-state index contributed by atoms with van der Waals surface area (Å²) in [6.07, 6.45) is 6.72. The van der Waals surface area contributed by atoms with Gasteiger partial charge in [0.05, 0.1) is 0 Å². The molecule has 3 rings (SSSR count). The standard InChI is InChI=1S/C13H24N2O.ClH/c1-2-13-10-15(6-3-12(1)14-13)9-11-4-7-16-8-5-11;/h11-14H,1-10H2;1H. The van der Waals surface area contributed by atoms with Gasteiger partial charge in [-0.05, 0) is 44.6 Å². The first-order valence-electron chi connectivity index (χ1n) is 6.96. The van der Waals surface area contributed by atoms with Crippen molar-refractivity contribution in [2.24, 2.45) is 5.92 Å². The highest BCUT2D eigenvalue weighted by Crippen LogP contribution is 2.23. The average molecular weight is 261 g/mol. The molecule has 0 aromatic heterocycles. The Bertz CT molecular complexity index is 233. The fourth-order valence-corrected chi connectivity index (χ4v) is 3.48. The molecule has 0 aliphatic carbocycles. The lowest BCUT2D eigenvalue weighted by molar-refractivity contribution is 0.0519. The zero-order valence-corrected chi connectivity index (χ0v) is 11.4.